The summed E-state index contributed by atoms with van der Waals surface area (Å²) in [6.45, 7) is 0.803. The molecule has 0 aromatic heterocycles. The van der Waals surface area contributed by atoms with Crippen LogP contribution in [0.4, 0.5) is 0 Å². The summed E-state index contributed by atoms with van der Waals surface area (Å²) in [5.41, 5.74) is 0. The lowest BCUT2D eigenvalue weighted by molar-refractivity contribution is 0.900. The van der Waals surface area contributed by atoms with Crippen LogP contribution in [0.2, 0.25) is 0 Å². The minimum Gasteiger partial charge on any atom is -0.350 e. The van der Waals surface area contributed by atoms with Crippen LogP contribution in [0, 0.1) is 0 Å². The number of nitrogens with one attached hydrogen (secondary N) is 1. The zero-order valence-electron chi connectivity index (χ0n) is 4.44. The molecule has 0 bridgehead atoms. The Morgan fingerprint density at radius 3 is 2.78 bits per heavy atom. The highest BCUT2D eigenvalue weighted by Crippen LogP contribution is 2.20. The summed E-state index contributed by atoms with van der Waals surface area (Å²) in [5.74, 6) is 0. The molecule has 0 aliphatic carbocycles. The molecule has 1 N–H and O–H groups in total. The lowest BCUT2D eigenvalue weighted by atomic mass is 10.7. The third-order valence-corrected chi connectivity index (χ3v) is 3.12. The van der Waals surface area contributed by atoms with E-state index >= 15 is 0 Å². The highest BCUT2D eigenvalue weighted by Gasteiger charge is 2.14. The Balaban J connectivity index is 2.31. The van der Waals surface area contributed by atoms with E-state index in [9.17, 15) is 0 Å². The monoisotopic (exact) mass is 198 g/mol. The van der Waals surface area contributed by atoms with Crippen LogP contribution in [0.15, 0.2) is 4.99 Å². The summed E-state index contributed by atoms with van der Waals surface area (Å²) in [6, 6.07) is 0. The molecule has 6 heteroatoms. The molecule has 0 saturated carbocycles. The van der Waals surface area contributed by atoms with Gasteiger partial charge in [0.05, 0.1) is 6.54 Å². The number of amidine groups is 1. The van der Waals surface area contributed by atoms with Gasteiger partial charge in [0, 0.05) is 0 Å². The van der Waals surface area contributed by atoms with E-state index in [0.29, 0.717) is 5.37 Å². The fraction of sp³-hybridized carbons (Fsp3) is 0.667. The van der Waals surface area contributed by atoms with E-state index in [1.165, 1.54) is 21.6 Å². The molecule has 1 aliphatic rings. The van der Waals surface area contributed by atoms with Crippen LogP contribution in [-0.4, -0.2) is 17.1 Å². The quantitative estimate of drug-likeness (QED) is 0.439. The molecular formula is C3H6N2S4. The highest BCUT2D eigenvalue weighted by atomic mass is 33.1. The van der Waals surface area contributed by atoms with Crippen molar-refractivity contribution in [1.29, 1.82) is 0 Å². The Kier molecular flexibility index (Phi) is 3.45. The third-order valence-electron chi connectivity index (χ3n) is 0.899. The summed E-state index contributed by atoms with van der Waals surface area (Å²) in [4.78, 5) is 4.13. The minimum absolute atomic E-state index is 0.336. The molecule has 0 saturated heterocycles. The van der Waals surface area contributed by atoms with Gasteiger partial charge in [-0.1, -0.05) is 10.8 Å². The summed E-state index contributed by atoms with van der Waals surface area (Å²) in [6.07, 6.45) is 0. The zero-order chi connectivity index (χ0) is 6.69. The molecule has 1 atom stereocenters. The molecule has 9 heavy (non-hydrogen) atoms. The standard InChI is InChI=1S/C3H6N2S4/c6-8-2-1-4-3(5-2)9-7/h2,6-7H,1H2,(H,4,5). The van der Waals surface area contributed by atoms with Crippen molar-refractivity contribution in [2.75, 3.05) is 6.54 Å². The average Bonchev–Trinajstić information content (AvgIpc) is 2.34. The number of thiol groups is 2. The lowest BCUT2D eigenvalue weighted by Gasteiger charge is -2.03. The van der Waals surface area contributed by atoms with Crippen LogP contribution in [0.3, 0.4) is 0 Å². The van der Waals surface area contributed by atoms with Crippen molar-refractivity contribution in [1.82, 2.24) is 5.32 Å². The second kappa shape index (κ2) is 3.90. The fourth-order valence-electron chi connectivity index (χ4n) is 0.510. The number of hydrogen-bond donors (Lipinski definition) is 3. The molecule has 52 valence electrons. The van der Waals surface area contributed by atoms with Crippen LogP contribution in [0.25, 0.3) is 0 Å². The first kappa shape index (κ1) is 7.97. The molecule has 1 unspecified atom stereocenters. The van der Waals surface area contributed by atoms with Crippen molar-refractivity contribution in [3.8, 4) is 0 Å². The molecular weight excluding hydrogens is 192 g/mol. The lowest BCUT2D eigenvalue weighted by Crippen LogP contribution is -2.23. The maximum Gasteiger partial charge on any atom is 0.168 e. The van der Waals surface area contributed by atoms with Gasteiger partial charge in [-0.05, 0) is 10.8 Å². The molecule has 1 rings (SSSR count). The Morgan fingerprint density at radius 2 is 2.44 bits per heavy atom. The topological polar surface area (TPSA) is 24.4 Å². The second-order valence-corrected chi connectivity index (χ2v) is 4.00. The Morgan fingerprint density at radius 1 is 1.67 bits per heavy atom. The molecule has 0 radical (unpaired) electrons. The first-order valence-corrected chi connectivity index (χ1v) is 6.09. The van der Waals surface area contributed by atoms with Crippen LogP contribution < -0.4 is 5.32 Å². The van der Waals surface area contributed by atoms with Crippen molar-refractivity contribution < 1.29 is 0 Å². The number of hydrogen-bond acceptors (Lipinski definition) is 6. The smallest absolute Gasteiger partial charge is 0.168 e. The molecule has 1 heterocycles. The number of nitrogens with zero attached hydrogens (tertiary/aromatic N) is 1. The Bertz CT molecular complexity index is 125. The van der Waals surface area contributed by atoms with E-state index in [-0.39, 0.29) is 0 Å². The predicted molar refractivity (Wildman–Crippen MR) is 52.4 cm³/mol. The van der Waals surface area contributed by atoms with Crippen molar-refractivity contribution in [2.24, 2.45) is 4.99 Å². The van der Waals surface area contributed by atoms with Gasteiger partial charge >= 0.3 is 0 Å². The van der Waals surface area contributed by atoms with Crippen molar-refractivity contribution in [3.63, 3.8) is 0 Å². The van der Waals surface area contributed by atoms with E-state index in [1.54, 1.807) is 0 Å². The Hall–Kier alpha value is 0.870. The third kappa shape index (κ3) is 2.18. The van der Waals surface area contributed by atoms with Gasteiger partial charge in [-0.25, -0.2) is 0 Å². The summed E-state index contributed by atoms with van der Waals surface area (Å²) < 4.78 is 0. The van der Waals surface area contributed by atoms with Gasteiger partial charge in [0.25, 0.3) is 0 Å². The molecule has 2 nitrogen and oxygen atoms in total. The van der Waals surface area contributed by atoms with Crippen molar-refractivity contribution >= 4 is 50.1 Å². The van der Waals surface area contributed by atoms with Gasteiger partial charge in [-0.15, -0.1) is 23.3 Å². The Labute approximate surface area is 72.3 Å². The van der Waals surface area contributed by atoms with Crippen LogP contribution in [0.1, 0.15) is 0 Å². The maximum absolute atomic E-state index is 4.13. The van der Waals surface area contributed by atoms with Gasteiger partial charge in [0.15, 0.2) is 5.17 Å². The molecule has 0 aromatic carbocycles. The number of rotatable bonds is 1. The number of aliphatic imine (C=N–C) groups is 1. The highest BCUT2D eigenvalue weighted by molar-refractivity contribution is 8.75. The summed E-state index contributed by atoms with van der Waals surface area (Å²) >= 11 is 8.03. The SMILES string of the molecule is SSC1=NCC(SS)N1. The van der Waals surface area contributed by atoms with E-state index in [4.69, 9.17) is 0 Å². The van der Waals surface area contributed by atoms with E-state index in [2.05, 4.69) is 33.6 Å². The zero-order valence-corrected chi connectivity index (χ0v) is 7.86. The predicted octanol–water partition coefficient (Wildman–Crippen LogP) is 1.43. The molecule has 0 amide bonds. The second-order valence-electron chi connectivity index (χ2n) is 1.48. The van der Waals surface area contributed by atoms with Gasteiger partial charge < -0.3 is 5.32 Å². The van der Waals surface area contributed by atoms with Crippen molar-refractivity contribution in [2.45, 2.75) is 5.37 Å². The minimum atomic E-state index is 0.336. The van der Waals surface area contributed by atoms with Crippen LogP contribution in [0.5, 0.6) is 0 Å². The van der Waals surface area contributed by atoms with Gasteiger partial charge in [0.1, 0.15) is 5.37 Å². The van der Waals surface area contributed by atoms with E-state index in [0.717, 1.165) is 11.7 Å². The van der Waals surface area contributed by atoms with Crippen molar-refractivity contribution in [3.05, 3.63) is 0 Å². The van der Waals surface area contributed by atoms with Gasteiger partial charge in [0.2, 0.25) is 0 Å². The van der Waals surface area contributed by atoms with Crippen LogP contribution in [-0.2, 0) is 0 Å². The summed E-state index contributed by atoms with van der Waals surface area (Å²) in [7, 11) is 2.81. The first-order valence-electron chi connectivity index (χ1n) is 2.29. The average molecular weight is 198 g/mol. The molecule has 0 spiro atoms. The molecule has 0 fully saturated rings. The van der Waals surface area contributed by atoms with E-state index < -0.39 is 0 Å². The summed E-state index contributed by atoms with van der Waals surface area (Å²) in [5, 5.41) is 4.34. The van der Waals surface area contributed by atoms with E-state index in [1.807, 2.05) is 0 Å². The largest absolute Gasteiger partial charge is 0.350 e. The van der Waals surface area contributed by atoms with Gasteiger partial charge in [-0.2, -0.15) is 0 Å². The fourth-order valence-corrected chi connectivity index (χ4v) is 1.91. The first-order chi connectivity index (χ1) is 4.36. The van der Waals surface area contributed by atoms with Crippen LogP contribution >= 0.6 is 44.9 Å². The maximum atomic E-state index is 4.13. The normalized spacial score (nSPS) is 25.6. The molecule has 1 aliphatic heterocycles. The molecule has 0 aromatic rings. The van der Waals surface area contributed by atoms with Gasteiger partial charge in [-0.3, -0.25) is 4.99 Å².